The number of thiophene rings is 1. The molecule has 0 aliphatic heterocycles. The Balaban J connectivity index is 1.51. The Morgan fingerprint density at radius 3 is 2.23 bits per heavy atom. The van der Waals surface area contributed by atoms with Crippen molar-refractivity contribution in [2.75, 3.05) is 0 Å². The van der Waals surface area contributed by atoms with Gasteiger partial charge in [0, 0.05) is 6.04 Å². The molecule has 22 heavy (non-hydrogen) atoms. The third-order valence-corrected chi connectivity index (χ3v) is 7.74. The molecule has 5 rings (SSSR count). The monoisotopic (exact) mass is 357 g/mol. The van der Waals surface area contributed by atoms with Crippen molar-refractivity contribution in [2.24, 2.45) is 23.2 Å². The highest BCUT2D eigenvalue weighted by Crippen LogP contribution is 2.61. The Kier molecular flexibility index (Phi) is 3.75. The Morgan fingerprint density at radius 2 is 1.77 bits per heavy atom. The number of carbonyl (C=O) groups excluding carboxylic acids is 1. The van der Waals surface area contributed by atoms with Crippen molar-refractivity contribution < 1.29 is 4.79 Å². The highest BCUT2D eigenvalue weighted by Gasteiger charge is 2.53. The highest BCUT2D eigenvalue weighted by atomic mass is 35.5. The Hall–Kier alpha value is -0.250. The van der Waals surface area contributed by atoms with Crippen LogP contribution in [-0.2, 0) is 0 Å². The normalized spacial score (nSPS) is 37.3. The van der Waals surface area contributed by atoms with Crippen molar-refractivity contribution >= 4 is 40.4 Å². The zero-order chi connectivity index (χ0) is 15.5. The summed E-state index contributed by atoms with van der Waals surface area (Å²) in [5.41, 5.74) is 0.838. The minimum absolute atomic E-state index is 0.0728. The average molecular weight is 358 g/mol. The molecule has 0 saturated heterocycles. The van der Waals surface area contributed by atoms with E-state index in [1.54, 1.807) is 6.07 Å². The summed E-state index contributed by atoms with van der Waals surface area (Å²) in [5, 5.41) is 3.23. The van der Waals surface area contributed by atoms with Crippen LogP contribution >= 0.6 is 34.5 Å². The van der Waals surface area contributed by atoms with Gasteiger partial charge in [-0.2, -0.15) is 0 Å². The molecular weight excluding hydrogens is 337 g/mol. The van der Waals surface area contributed by atoms with Crippen LogP contribution in [0.4, 0.5) is 0 Å². The van der Waals surface area contributed by atoms with Gasteiger partial charge in [0.15, 0.2) is 0 Å². The largest absolute Gasteiger partial charge is 0.349 e. The molecule has 4 bridgehead atoms. The van der Waals surface area contributed by atoms with Crippen LogP contribution in [0.15, 0.2) is 6.07 Å². The number of amides is 1. The molecule has 1 aromatic rings. The zero-order valence-electron chi connectivity index (χ0n) is 12.7. The van der Waals surface area contributed by atoms with E-state index in [9.17, 15) is 4.79 Å². The second-order valence-corrected chi connectivity index (χ2v) is 10.00. The molecule has 0 unspecified atom stereocenters. The maximum atomic E-state index is 12.5. The molecule has 5 heteroatoms. The van der Waals surface area contributed by atoms with Gasteiger partial charge in [0.1, 0.15) is 4.34 Å². The average Bonchev–Trinajstić information content (AvgIpc) is 2.76. The van der Waals surface area contributed by atoms with Crippen LogP contribution in [0.25, 0.3) is 0 Å². The van der Waals surface area contributed by atoms with Gasteiger partial charge in [0.25, 0.3) is 5.91 Å². The summed E-state index contributed by atoms with van der Waals surface area (Å²) in [7, 11) is 0. The maximum Gasteiger partial charge on any atom is 0.253 e. The number of rotatable bonds is 3. The number of halogens is 2. The molecule has 1 amide bonds. The standard InChI is InChI=1S/C17H21Cl2NOS/c1-9(20-16(21)13-5-14(18)22-15(13)19)17-6-10-2-11(7-17)4-12(3-10)8-17/h5,9-12H,2-4,6-8H2,1H3,(H,20,21)/t9-,10?,11?,12?,17?/m0/s1. The number of nitrogens with one attached hydrogen (secondary N) is 1. The first-order chi connectivity index (χ1) is 10.4. The van der Waals surface area contributed by atoms with Crippen LogP contribution in [0.2, 0.25) is 8.67 Å². The molecule has 120 valence electrons. The zero-order valence-corrected chi connectivity index (χ0v) is 15.0. The van der Waals surface area contributed by atoms with Crippen molar-refractivity contribution in [3.05, 3.63) is 20.3 Å². The molecule has 4 aliphatic carbocycles. The van der Waals surface area contributed by atoms with Crippen LogP contribution in [0.1, 0.15) is 55.8 Å². The van der Waals surface area contributed by atoms with E-state index < -0.39 is 0 Å². The molecule has 1 N–H and O–H groups in total. The summed E-state index contributed by atoms with van der Waals surface area (Å²) < 4.78 is 1.05. The summed E-state index contributed by atoms with van der Waals surface area (Å²) in [4.78, 5) is 12.5. The molecule has 0 radical (unpaired) electrons. The molecule has 1 aromatic heterocycles. The third-order valence-electron chi connectivity index (χ3n) is 6.25. The lowest BCUT2D eigenvalue weighted by atomic mass is 9.48. The maximum absolute atomic E-state index is 12.5. The van der Waals surface area contributed by atoms with Gasteiger partial charge in [0.05, 0.1) is 9.90 Å². The summed E-state index contributed by atoms with van der Waals surface area (Å²) in [6, 6.07) is 1.89. The molecule has 1 atom stereocenters. The van der Waals surface area contributed by atoms with Crippen LogP contribution in [0, 0.1) is 23.2 Å². The summed E-state index contributed by atoms with van der Waals surface area (Å²) in [5.74, 6) is 2.61. The molecule has 0 aromatic carbocycles. The Bertz CT molecular complexity index is 577. The van der Waals surface area contributed by atoms with Crippen molar-refractivity contribution in [3.63, 3.8) is 0 Å². The van der Waals surface area contributed by atoms with Gasteiger partial charge in [-0.05, 0) is 74.7 Å². The fourth-order valence-electron chi connectivity index (χ4n) is 5.63. The van der Waals surface area contributed by atoms with Crippen molar-refractivity contribution in [1.29, 1.82) is 0 Å². The van der Waals surface area contributed by atoms with Gasteiger partial charge in [-0.1, -0.05) is 23.2 Å². The van der Waals surface area contributed by atoms with Gasteiger partial charge in [-0.15, -0.1) is 11.3 Å². The summed E-state index contributed by atoms with van der Waals surface area (Å²) in [6.07, 6.45) is 8.14. The van der Waals surface area contributed by atoms with E-state index >= 15 is 0 Å². The van der Waals surface area contributed by atoms with Gasteiger partial charge in [-0.25, -0.2) is 0 Å². The third kappa shape index (κ3) is 2.50. The summed E-state index contributed by atoms with van der Waals surface area (Å²) in [6.45, 7) is 2.19. The molecule has 1 heterocycles. The minimum Gasteiger partial charge on any atom is -0.349 e. The predicted octanol–water partition coefficient (Wildman–Crippen LogP) is 5.39. The summed E-state index contributed by atoms with van der Waals surface area (Å²) >= 11 is 13.3. The number of hydrogen-bond donors (Lipinski definition) is 1. The quantitative estimate of drug-likeness (QED) is 0.771. The van der Waals surface area contributed by atoms with Crippen LogP contribution in [0.5, 0.6) is 0 Å². The molecule has 0 spiro atoms. The number of carbonyl (C=O) groups is 1. The topological polar surface area (TPSA) is 29.1 Å². The van der Waals surface area contributed by atoms with E-state index in [4.69, 9.17) is 23.2 Å². The van der Waals surface area contributed by atoms with E-state index in [1.807, 2.05) is 0 Å². The highest BCUT2D eigenvalue weighted by molar-refractivity contribution is 7.20. The van der Waals surface area contributed by atoms with Gasteiger partial charge < -0.3 is 5.32 Å². The van der Waals surface area contributed by atoms with Crippen molar-refractivity contribution in [1.82, 2.24) is 5.32 Å². The second-order valence-electron chi connectivity index (χ2n) is 7.71. The molecular formula is C17H21Cl2NOS. The van der Waals surface area contributed by atoms with Crippen molar-refractivity contribution in [3.8, 4) is 0 Å². The van der Waals surface area contributed by atoms with Crippen molar-refractivity contribution in [2.45, 2.75) is 51.5 Å². The van der Waals surface area contributed by atoms with Crippen LogP contribution in [0.3, 0.4) is 0 Å². The van der Waals surface area contributed by atoms with E-state index in [1.165, 1.54) is 49.9 Å². The first-order valence-electron chi connectivity index (χ1n) is 8.21. The molecule has 4 saturated carbocycles. The Labute approximate surface area is 145 Å². The first-order valence-corrected chi connectivity index (χ1v) is 9.78. The van der Waals surface area contributed by atoms with Crippen LogP contribution < -0.4 is 5.32 Å². The lowest BCUT2D eigenvalue weighted by molar-refractivity contribution is -0.0687. The SMILES string of the molecule is C[C@H](NC(=O)c1cc(Cl)sc1Cl)C12CC3CC(CC(C3)C1)C2. The number of hydrogen-bond acceptors (Lipinski definition) is 2. The van der Waals surface area contributed by atoms with E-state index in [0.29, 0.717) is 19.7 Å². The smallest absolute Gasteiger partial charge is 0.253 e. The van der Waals surface area contributed by atoms with Gasteiger partial charge in [-0.3, -0.25) is 4.79 Å². The fourth-order valence-corrected chi connectivity index (χ4v) is 7.09. The van der Waals surface area contributed by atoms with E-state index in [-0.39, 0.29) is 11.9 Å². The van der Waals surface area contributed by atoms with E-state index in [2.05, 4.69) is 12.2 Å². The Morgan fingerprint density at radius 1 is 1.23 bits per heavy atom. The van der Waals surface area contributed by atoms with Gasteiger partial charge in [0.2, 0.25) is 0 Å². The fraction of sp³-hybridized carbons (Fsp3) is 0.706. The van der Waals surface area contributed by atoms with Crippen LogP contribution in [-0.4, -0.2) is 11.9 Å². The molecule has 4 aliphatic rings. The minimum atomic E-state index is -0.0728. The molecule has 4 fully saturated rings. The van der Waals surface area contributed by atoms with Gasteiger partial charge >= 0.3 is 0 Å². The van der Waals surface area contributed by atoms with E-state index in [0.717, 1.165) is 17.8 Å². The second kappa shape index (κ2) is 5.39. The predicted molar refractivity (Wildman–Crippen MR) is 91.9 cm³/mol. The molecule has 2 nitrogen and oxygen atoms in total. The lowest BCUT2D eigenvalue weighted by Gasteiger charge is -2.59. The first kappa shape index (κ1) is 15.3. The lowest BCUT2D eigenvalue weighted by Crippen LogP contribution is -2.55.